The van der Waals surface area contributed by atoms with E-state index in [4.69, 9.17) is 16.3 Å². The molecule has 1 N–H and O–H groups in total. The molecule has 1 saturated heterocycles. The molecule has 0 saturated carbocycles. The van der Waals surface area contributed by atoms with Gasteiger partial charge in [-0.2, -0.15) is 0 Å². The largest absolute Gasteiger partial charge is 0.374 e. The third-order valence-corrected chi connectivity index (χ3v) is 3.22. The van der Waals surface area contributed by atoms with E-state index in [2.05, 4.69) is 17.3 Å². The molecule has 1 aliphatic rings. The molecule has 0 spiro atoms. The fourth-order valence-corrected chi connectivity index (χ4v) is 2.14. The maximum absolute atomic E-state index is 5.67. The number of nitrogens with one attached hydrogen (secondary N) is 1. The number of hydrogen-bond donors (Lipinski definition) is 1. The quantitative estimate of drug-likeness (QED) is 0.523. The van der Waals surface area contributed by atoms with Crippen LogP contribution in [0.15, 0.2) is 0 Å². The third-order valence-electron chi connectivity index (χ3n) is 2.95. The van der Waals surface area contributed by atoms with E-state index in [1.54, 1.807) is 0 Å². The van der Waals surface area contributed by atoms with Gasteiger partial charge in [0.05, 0.1) is 12.7 Å². The smallest absolute Gasteiger partial charge is 0.0826 e. The predicted molar refractivity (Wildman–Crippen MR) is 69.3 cm³/mol. The Labute approximate surface area is 104 Å². The van der Waals surface area contributed by atoms with Gasteiger partial charge in [-0.3, -0.25) is 0 Å². The Morgan fingerprint density at radius 1 is 1.31 bits per heavy atom. The van der Waals surface area contributed by atoms with Gasteiger partial charge < -0.3 is 15.0 Å². The molecule has 96 valence electrons. The van der Waals surface area contributed by atoms with Gasteiger partial charge in [0.2, 0.25) is 0 Å². The van der Waals surface area contributed by atoms with E-state index in [0.29, 0.717) is 6.10 Å². The van der Waals surface area contributed by atoms with Gasteiger partial charge in [0.25, 0.3) is 0 Å². The van der Waals surface area contributed by atoms with Crippen LogP contribution in [-0.4, -0.2) is 56.7 Å². The number of ether oxygens (including phenoxy) is 1. The minimum Gasteiger partial charge on any atom is -0.374 e. The van der Waals surface area contributed by atoms with Crippen molar-refractivity contribution in [2.45, 2.75) is 31.8 Å². The van der Waals surface area contributed by atoms with Gasteiger partial charge in [-0.05, 0) is 26.4 Å². The van der Waals surface area contributed by atoms with Crippen molar-refractivity contribution < 1.29 is 4.74 Å². The van der Waals surface area contributed by atoms with E-state index < -0.39 is 0 Å². The SMILES string of the molecule is CN1CCOC(CNCCCCCCCl)C1. The van der Waals surface area contributed by atoms with Crippen LogP contribution in [0.1, 0.15) is 25.7 Å². The van der Waals surface area contributed by atoms with Crippen LogP contribution in [0.25, 0.3) is 0 Å². The van der Waals surface area contributed by atoms with Gasteiger partial charge in [-0.1, -0.05) is 12.8 Å². The Balaban J connectivity index is 1.86. The summed E-state index contributed by atoms with van der Waals surface area (Å²) in [7, 11) is 2.15. The summed E-state index contributed by atoms with van der Waals surface area (Å²) in [6.07, 6.45) is 5.32. The average Bonchev–Trinajstić information content (AvgIpc) is 2.28. The fraction of sp³-hybridized carbons (Fsp3) is 1.00. The Morgan fingerprint density at radius 3 is 2.88 bits per heavy atom. The number of morpholine rings is 1. The predicted octanol–water partition coefficient (Wildman–Crippen LogP) is 1.71. The highest BCUT2D eigenvalue weighted by atomic mass is 35.5. The zero-order chi connectivity index (χ0) is 11.6. The van der Waals surface area contributed by atoms with Crippen LogP contribution >= 0.6 is 11.6 Å². The first-order valence-electron chi connectivity index (χ1n) is 6.39. The van der Waals surface area contributed by atoms with Crippen LogP contribution in [0.2, 0.25) is 0 Å². The van der Waals surface area contributed by atoms with Crippen LogP contribution in [0.3, 0.4) is 0 Å². The summed E-state index contributed by atoms with van der Waals surface area (Å²) in [4.78, 5) is 2.33. The maximum Gasteiger partial charge on any atom is 0.0826 e. The highest BCUT2D eigenvalue weighted by molar-refractivity contribution is 6.17. The first-order chi connectivity index (χ1) is 7.83. The van der Waals surface area contributed by atoms with E-state index in [0.717, 1.165) is 45.1 Å². The highest BCUT2D eigenvalue weighted by Crippen LogP contribution is 2.02. The molecule has 0 radical (unpaired) electrons. The molecule has 1 fully saturated rings. The number of alkyl halides is 1. The molecule has 16 heavy (non-hydrogen) atoms. The molecule has 1 aliphatic heterocycles. The monoisotopic (exact) mass is 248 g/mol. The summed E-state index contributed by atoms with van der Waals surface area (Å²) in [5.41, 5.74) is 0. The van der Waals surface area contributed by atoms with Crippen LogP contribution < -0.4 is 5.32 Å². The Morgan fingerprint density at radius 2 is 2.12 bits per heavy atom. The molecule has 1 rings (SSSR count). The van der Waals surface area contributed by atoms with Crippen molar-refractivity contribution in [3.8, 4) is 0 Å². The molecule has 0 aromatic rings. The van der Waals surface area contributed by atoms with Crippen molar-refractivity contribution in [3.05, 3.63) is 0 Å². The summed E-state index contributed by atoms with van der Waals surface area (Å²) in [5, 5.41) is 3.47. The Kier molecular flexibility index (Phi) is 8.21. The van der Waals surface area contributed by atoms with Crippen LogP contribution in [0.4, 0.5) is 0 Å². The standard InChI is InChI=1S/C12H25ClN2O/c1-15-8-9-16-12(11-15)10-14-7-5-3-2-4-6-13/h12,14H,2-11H2,1H3. The summed E-state index contributed by atoms with van der Waals surface area (Å²) in [5.74, 6) is 0.801. The molecule has 1 unspecified atom stereocenters. The third kappa shape index (κ3) is 6.69. The topological polar surface area (TPSA) is 24.5 Å². The van der Waals surface area contributed by atoms with E-state index >= 15 is 0 Å². The number of unbranched alkanes of at least 4 members (excludes halogenated alkanes) is 3. The van der Waals surface area contributed by atoms with Crippen molar-refractivity contribution in [3.63, 3.8) is 0 Å². The molecule has 0 bridgehead atoms. The van der Waals surface area contributed by atoms with Crippen molar-refractivity contribution in [2.24, 2.45) is 0 Å². The molecule has 1 atom stereocenters. The van der Waals surface area contributed by atoms with Gasteiger partial charge in [-0.15, -0.1) is 11.6 Å². The number of likely N-dealkylation sites (N-methyl/N-ethyl adjacent to an activating group) is 1. The van der Waals surface area contributed by atoms with E-state index in [-0.39, 0.29) is 0 Å². The second-order valence-corrected chi connectivity index (χ2v) is 4.94. The minimum absolute atomic E-state index is 0.376. The van der Waals surface area contributed by atoms with Crippen LogP contribution in [0, 0.1) is 0 Å². The first kappa shape index (κ1) is 14.2. The summed E-state index contributed by atoms with van der Waals surface area (Å²) in [6, 6.07) is 0. The number of nitrogens with zero attached hydrogens (tertiary/aromatic N) is 1. The van der Waals surface area contributed by atoms with Gasteiger partial charge >= 0.3 is 0 Å². The van der Waals surface area contributed by atoms with Gasteiger partial charge in [-0.25, -0.2) is 0 Å². The maximum atomic E-state index is 5.67. The second kappa shape index (κ2) is 9.23. The summed E-state index contributed by atoms with van der Waals surface area (Å²) >= 11 is 5.62. The van der Waals surface area contributed by atoms with E-state index in [1.165, 1.54) is 19.3 Å². The zero-order valence-electron chi connectivity index (χ0n) is 10.4. The molecular weight excluding hydrogens is 224 g/mol. The summed E-state index contributed by atoms with van der Waals surface area (Å²) in [6.45, 7) is 5.08. The lowest BCUT2D eigenvalue weighted by atomic mass is 10.2. The van der Waals surface area contributed by atoms with Crippen molar-refractivity contribution >= 4 is 11.6 Å². The average molecular weight is 249 g/mol. The lowest BCUT2D eigenvalue weighted by Gasteiger charge is -2.30. The number of hydrogen-bond acceptors (Lipinski definition) is 3. The molecule has 0 amide bonds. The lowest BCUT2D eigenvalue weighted by molar-refractivity contribution is -0.0180. The molecule has 0 aromatic carbocycles. The Bertz CT molecular complexity index is 169. The first-order valence-corrected chi connectivity index (χ1v) is 6.93. The number of rotatable bonds is 8. The van der Waals surface area contributed by atoms with Gasteiger partial charge in [0.1, 0.15) is 0 Å². The second-order valence-electron chi connectivity index (χ2n) is 4.56. The van der Waals surface area contributed by atoms with Crippen molar-refractivity contribution in [1.29, 1.82) is 0 Å². The normalized spacial score (nSPS) is 22.5. The van der Waals surface area contributed by atoms with Crippen molar-refractivity contribution in [1.82, 2.24) is 10.2 Å². The molecule has 3 nitrogen and oxygen atoms in total. The lowest BCUT2D eigenvalue weighted by Crippen LogP contribution is -2.44. The highest BCUT2D eigenvalue weighted by Gasteiger charge is 2.16. The minimum atomic E-state index is 0.376. The molecule has 1 heterocycles. The molecule has 0 aliphatic carbocycles. The summed E-state index contributed by atoms with van der Waals surface area (Å²) < 4.78 is 5.67. The Hall–Kier alpha value is 0.170. The van der Waals surface area contributed by atoms with E-state index in [9.17, 15) is 0 Å². The van der Waals surface area contributed by atoms with E-state index in [1.807, 2.05) is 0 Å². The van der Waals surface area contributed by atoms with Crippen LogP contribution in [0.5, 0.6) is 0 Å². The van der Waals surface area contributed by atoms with Crippen molar-refractivity contribution in [2.75, 3.05) is 45.7 Å². The molecule has 0 aromatic heterocycles. The fourth-order valence-electron chi connectivity index (χ4n) is 1.95. The van der Waals surface area contributed by atoms with Crippen LogP contribution in [-0.2, 0) is 4.74 Å². The zero-order valence-corrected chi connectivity index (χ0v) is 11.1. The van der Waals surface area contributed by atoms with Gasteiger partial charge in [0, 0.05) is 25.5 Å². The van der Waals surface area contributed by atoms with Gasteiger partial charge in [0.15, 0.2) is 0 Å². The molecular formula is C12H25ClN2O. The number of halogens is 1. The molecule has 4 heteroatoms.